The molecule has 0 aromatic rings. The highest BCUT2D eigenvalue weighted by atomic mass is 16.4. The summed E-state index contributed by atoms with van der Waals surface area (Å²) in [6.45, 7) is 1.75. The number of carbonyl (C=O) groups is 3. The van der Waals surface area contributed by atoms with Crippen LogP contribution in [0, 0.1) is 0 Å². The van der Waals surface area contributed by atoms with Gasteiger partial charge < -0.3 is 20.2 Å². The zero-order valence-corrected chi connectivity index (χ0v) is 21.3. The van der Waals surface area contributed by atoms with Crippen LogP contribution in [0.5, 0.6) is 0 Å². The first-order chi connectivity index (χ1) is 16.4. The first-order valence-electron chi connectivity index (χ1n) is 13.1. The molecule has 1 amide bonds. The molecule has 0 aromatic heterocycles. The Bertz CT molecular complexity index is 551. The van der Waals surface area contributed by atoms with E-state index < -0.39 is 25.0 Å². The van der Waals surface area contributed by atoms with E-state index in [0.717, 1.165) is 32.1 Å². The third kappa shape index (κ3) is 20.7. The molecule has 8 nitrogen and oxygen atoms in total. The molecule has 0 spiro atoms. The molecule has 0 heterocycles. The van der Waals surface area contributed by atoms with Gasteiger partial charge in [-0.15, -0.1) is 0 Å². The summed E-state index contributed by atoms with van der Waals surface area (Å²) in [5, 5.41) is 27.1. The predicted molar refractivity (Wildman–Crippen MR) is 135 cm³/mol. The van der Waals surface area contributed by atoms with E-state index in [9.17, 15) is 19.5 Å². The molecule has 0 radical (unpaired) electrons. The number of amides is 1. The van der Waals surface area contributed by atoms with E-state index in [4.69, 9.17) is 10.2 Å². The van der Waals surface area contributed by atoms with Gasteiger partial charge in [0.2, 0.25) is 5.91 Å². The van der Waals surface area contributed by atoms with Crippen LogP contribution in [0.25, 0.3) is 0 Å². The van der Waals surface area contributed by atoms with Crippen LogP contribution in [0.3, 0.4) is 0 Å². The van der Waals surface area contributed by atoms with Crippen LogP contribution in [0.2, 0.25) is 0 Å². The Morgan fingerprint density at radius 1 is 0.676 bits per heavy atom. The highest BCUT2D eigenvalue weighted by Gasteiger charge is 2.17. The lowest BCUT2D eigenvalue weighted by atomic mass is 10.1. The van der Waals surface area contributed by atoms with Crippen molar-refractivity contribution in [3.63, 3.8) is 0 Å². The van der Waals surface area contributed by atoms with Crippen LogP contribution in [0.1, 0.15) is 96.8 Å². The first kappa shape index (κ1) is 32.1. The summed E-state index contributed by atoms with van der Waals surface area (Å²) in [5.74, 6) is -2.32. The van der Waals surface area contributed by atoms with E-state index in [1.165, 1.54) is 61.2 Å². The maximum absolute atomic E-state index is 12.5. The highest BCUT2D eigenvalue weighted by molar-refractivity contribution is 5.76. The lowest BCUT2D eigenvalue weighted by Gasteiger charge is -2.25. The molecule has 3 N–H and O–H groups in total. The van der Waals surface area contributed by atoms with Gasteiger partial charge in [-0.3, -0.25) is 19.3 Å². The van der Waals surface area contributed by atoms with Crippen molar-refractivity contribution < 1.29 is 29.7 Å². The Morgan fingerprint density at radius 3 is 1.68 bits per heavy atom. The minimum atomic E-state index is -1.12. The summed E-state index contributed by atoms with van der Waals surface area (Å²) in [5.41, 5.74) is 0. The summed E-state index contributed by atoms with van der Waals surface area (Å²) in [6, 6.07) is 0. The number of rotatable bonds is 24. The molecule has 0 aromatic carbocycles. The normalized spacial score (nSPS) is 11.4. The number of hydrogen-bond acceptors (Lipinski definition) is 5. The topological polar surface area (TPSA) is 118 Å². The highest BCUT2D eigenvalue weighted by Crippen LogP contribution is 2.11. The van der Waals surface area contributed by atoms with Crippen LogP contribution < -0.4 is 0 Å². The summed E-state index contributed by atoms with van der Waals surface area (Å²) in [4.78, 5) is 37.0. The Hall–Kier alpha value is -1.93. The van der Waals surface area contributed by atoms with E-state index in [0.29, 0.717) is 6.42 Å². The smallest absolute Gasteiger partial charge is 0.317 e. The Morgan fingerprint density at radius 2 is 1.18 bits per heavy atom. The number of carboxylic acid groups (broad SMARTS) is 2. The minimum absolute atomic E-state index is 0.0859. The van der Waals surface area contributed by atoms with Gasteiger partial charge in [-0.25, -0.2) is 0 Å². The number of aliphatic carboxylic acids is 2. The number of nitrogens with zero attached hydrogens (tertiary/aromatic N) is 2. The number of aliphatic hydroxyl groups is 1. The lowest BCUT2D eigenvalue weighted by Crippen LogP contribution is -2.43. The summed E-state index contributed by atoms with van der Waals surface area (Å²) in [6.07, 6.45) is 20.4. The summed E-state index contributed by atoms with van der Waals surface area (Å²) < 4.78 is 0. The number of carbonyl (C=O) groups excluding carboxylic acids is 1. The van der Waals surface area contributed by atoms with Gasteiger partial charge in [0, 0.05) is 26.1 Å². The maximum atomic E-state index is 12.5. The standard InChI is InChI=1S/C26H48N2O6/c1-2-3-4-5-6-7-8-9-10-11-12-13-14-15-16-17-24(30)28(20-21-29)19-18-27(22-25(31)32)23-26(33)34/h9-10,29H,2-8,11-23H2,1H3,(H,31,32)(H,33,34). The number of unbranched alkanes of at least 4 members (excludes halogenated alkanes) is 11. The third-order valence-corrected chi connectivity index (χ3v) is 5.78. The van der Waals surface area contributed by atoms with Gasteiger partial charge in [-0.2, -0.15) is 0 Å². The summed E-state index contributed by atoms with van der Waals surface area (Å²) >= 11 is 0. The van der Waals surface area contributed by atoms with E-state index >= 15 is 0 Å². The van der Waals surface area contributed by atoms with Crippen molar-refractivity contribution in [2.75, 3.05) is 39.3 Å². The zero-order valence-electron chi connectivity index (χ0n) is 21.3. The zero-order chi connectivity index (χ0) is 25.4. The molecule has 0 fully saturated rings. The summed E-state index contributed by atoms with van der Waals surface area (Å²) in [7, 11) is 0. The molecule has 0 atom stereocenters. The van der Waals surface area contributed by atoms with Gasteiger partial charge in [0.1, 0.15) is 0 Å². The number of aliphatic hydroxyl groups excluding tert-OH is 1. The quantitative estimate of drug-likeness (QED) is 0.138. The second-order valence-electron chi connectivity index (χ2n) is 8.94. The van der Waals surface area contributed by atoms with Crippen LogP contribution >= 0.6 is 0 Å². The van der Waals surface area contributed by atoms with Crippen molar-refractivity contribution in [1.82, 2.24) is 9.80 Å². The van der Waals surface area contributed by atoms with Crippen molar-refractivity contribution in [1.29, 1.82) is 0 Å². The molecule has 0 saturated heterocycles. The van der Waals surface area contributed by atoms with E-state index in [-0.39, 0.29) is 32.1 Å². The largest absolute Gasteiger partial charge is 0.480 e. The molecule has 0 aliphatic rings. The first-order valence-corrected chi connectivity index (χ1v) is 13.1. The minimum Gasteiger partial charge on any atom is -0.480 e. The van der Waals surface area contributed by atoms with E-state index in [1.54, 1.807) is 0 Å². The number of hydrogen-bond donors (Lipinski definition) is 3. The number of allylic oxidation sites excluding steroid dienone is 2. The van der Waals surface area contributed by atoms with Crippen molar-refractivity contribution in [3.8, 4) is 0 Å². The second-order valence-corrected chi connectivity index (χ2v) is 8.94. The lowest BCUT2D eigenvalue weighted by molar-refractivity contribution is -0.141. The van der Waals surface area contributed by atoms with Crippen LogP contribution in [-0.4, -0.2) is 82.3 Å². The molecular weight excluding hydrogens is 436 g/mol. The van der Waals surface area contributed by atoms with E-state index in [1.807, 2.05) is 0 Å². The predicted octanol–water partition coefficient (Wildman–Crippen LogP) is 4.32. The monoisotopic (exact) mass is 484 g/mol. The molecule has 0 bridgehead atoms. The van der Waals surface area contributed by atoms with Gasteiger partial charge in [0.15, 0.2) is 0 Å². The maximum Gasteiger partial charge on any atom is 0.317 e. The second kappa shape index (κ2) is 22.8. The van der Waals surface area contributed by atoms with Gasteiger partial charge in [0.05, 0.1) is 19.7 Å². The Labute approximate surface area is 206 Å². The van der Waals surface area contributed by atoms with Gasteiger partial charge in [-0.1, -0.05) is 70.4 Å². The average Bonchev–Trinajstić information content (AvgIpc) is 2.78. The third-order valence-electron chi connectivity index (χ3n) is 5.78. The van der Waals surface area contributed by atoms with Crippen molar-refractivity contribution in [2.45, 2.75) is 96.8 Å². The van der Waals surface area contributed by atoms with Crippen LogP contribution in [0.15, 0.2) is 12.2 Å². The molecule has 34 heavy (non-hydrogen) atoms. The van der Waals surface area contributed by atoms with Crippen LogP contribution in [-0.2, 0) is 14.4 Å². The van der Waals surface area contributed by atoms with Crippen molar-refractivity contribution >= 4 is 17.8 Å². The average molecular weight is 485 g/mol. The van der Waals surface area contributed by atoms with Gasteiger partial charge in [0.25, 0.3) is 0 Å². The Kier molecular flexibility index (Phi) is 21.5. The van der Waals surface area contributed by atoms with E-state index in [2.05, 4.69) is 19.1 Å². The fourth-order valence-electron chi connectivity index (χ4n) is 3.85. The molecule has 0 aliphatic heterocycles. The molecule has 0 unspecified atom stereocenters. The Balaban J connectivity index is 3.93. The van der Waals surface area contributed by atoms with Gasteiger partial charge >= 0.3 is 11.9 Å². The molecule has 0 aliphatic carbocycles. The SMILES string of the molecule is CCCCCCCCC=CCCCCCCCC(=O)N(CCO)CCN(CC(=O)O)CC(=O)O. The number of carboxylic acids is 2. The fraction of sp³-hybridized carbons (Fsp3) is 0.808. The van der Waals surface area contributed by atoms with Crippen LogP contribution in [0.4, 0.5) is 0 Å². The molecule has 198 valence electrons. The van der Waals surface area contributed by atoms with Crippen molar-refractivity contribution in [3.05, 3.63) is 12.2 Å². The molecular formula is C26H48N2O6. The van der Waals surface area contributed by atoms with Gasteiger partial charge in [-0.05, 0) is 32.1 Å². The molecule has 0 saturated carbocycles. The molecule has 8 heteroatoms. The molecule has 0 rings (SSSR count). The fourth-order valence-corrected chi connectivity index (χ4v) is 3.85. The van der Waals surface area contributed by atoms with Crippen molar-refractivity contribution in [2.24, 2.45) is 0 Å².